The summed E-state index contributed by atoms with van der Waals surface area (Å²) >= 11 is 0. The summed E-state index contributed by atoms with van der Waals surface area (Å²) in [6.07, 6.45) is 6.66. The van der Waals surface area contributed by atoms with Gasteiger partial charge in [0.15, 0.2) is 0 Å². The fourth-order valence-corrected chi connectivity index (χ4v) is 5.11. The van der Waals surface area contributed by atoms with E-state index in [4.69, 9.17) is 9.15 Å². The number of benzene rings is 1. The molecule has 2 amide bonds. The number of likely N-dealkylation sites (tertiary alicyclic amines) is 2. The highest BCUT2D eigenvalue weighted by atomic mass is 16.5. The van der Waals surface area contributed by atoms with E-state index in [1.165, 1.54) is 12.8 Å². The zero-order valence-electron chi connectivity index (χ0n) is 19.7. The molecule has 0 N–H and O–H groups in total. The Labute approximate surface area is 194 Å². The van der Waals surface area contributed by atoms with Crippen LogP contribution in [0, 0.1) is 12.8 Å². The van der Waals surface area contributed by atoms with Crippen molar-refractivity contribution in [3.8, 4) is 5.75 Å². The minimum absolute atomic E-state index is 0.0268. The van der Waals surface area contributed by atoms with E-state index in [0.29, 0.717) is 36.4 Å². The van der Waals surface area contributed by atoms with Gasteiger partial charge in [-0.2, -0.15) is 0 Å². The van der Waals surface area contributed by atoms with Gasteiger partial charge in [-0.15, -0.1) is 0 Å². The first-order chi connectivity index (χ1) is 16.0. The Bertz CT molecular complexity index is 1060. The van der Waals surface area contributed by atoms with Crippen LogP contribution >= 0.6 is 0 Å². The van der Waals surface area contributed by atoms with Crippen molar-refractivity contribution in [3.05, 3.63) is 39.7 Å². The summed E-state index contributed by atoms with van der Waals surface area (Å²) < 4.78 is 10.7. The van der Waals surface area contributed by atoms with Gasteiger partial charge in [-0.3, -0.25) is 9.59 Å². The van der Waals surface area contributed by atoms with Crippen LogP contribution in [0.4, 0.5) is 0 Å². The molecule has 7 nitrogen and oxygen atoms in total. The highest BCUT2D eigenvalue weighted by molar-refractivity contribution is 5.83. The lowest BCUT2D eigenvalue weighted by Gasteiger charge is -2.34. The van der Waals surface area contributed by atoms with Crippen LogP contribution in [0.1, 0.15) is 56.1 Å². The molecule has 0 radical (unpaired) electrons. The molecule has 33 heavy (non-hydrogen) atoms. The summed E-state index contributed by atoms with van der Waals surface area (Å²) in [5.74, 6) is 0.957. The van der Waals surface area contributed by atoms with Crippen LogP contribution in [0.2, 0.25) is 0 Å². The summed E-state index contributed by atoms with van der Waals surface area (Å²) in [7, 11) is 1.57. The number of aryl methyl sites for hydroxylation is 1. The lowest BCUT2D eigenvalue weighted by atomic mass is 9.94. The normalized spacial score (nSPS) is 17.8. The number of carbonyl (C=O) groups is 2. The average Bonchev–Trinajstić information content (AvgIpc) is 3.12. The van der Waals surface area contributed by atoms with Gasteiger partial charge in [-0.25, -0.2) is 4.79 Å². The minimum atomic E-state index is -0.400. The monoisotopic (exact) mass is 454 g/mol. The van der Waals surface area contributed by atoms with E-state index in [0.717, 1.165) is 49.7 Å². The molecule has 2 fully saturated rings. The van der Waals surface area contributed by atoms with Crippen molar-refractivity contribution < 1.29 is 18.7 Å². The number of carbonyl (C=O) groups excluding carboxylic acids is 2. The summed E-state index contributed by atoms with van der Waals surface area (Å²) in [5, 5.41) is 0.852. The molecule has 4 rings (SSSR count). The Kier molecular flexibility index (Phi) is 7.36. The lowest BCUT2D eigenvalue weighted by molar-refractivity contribution is -0.140. The molecule has 2 saturated heterocycles. The Morgan fingerprint density at radius 1 is 1.03 bits per heavy atom. The molecule has 0 aliphatic carbocycles. The molecule has 0 atom stereocenters. The van der Waals surface area contributed by atoms with Crippen LogP contribution < -0.4 is 10.4 Å². The molecule has 1 aromatic carbocycles. The molecule has 0 saturated carbocycles. The third kappa shape index (κ3) is 5.23. The van der Waals surface area contributed by atoms with E-state index in [1.54, 1.807) is 13.2 Å². The van der Waals surface area contributed by atoms with E-state index < -0.39 is 5.63 Å². The Hall–Kier alpha value is -2.83. The molecule has 178 valence electrons. The zero-order valence-corrected chi connectivity index (χ0v) is 19.7. The second-order valence-corrected chi connectivity index (χ2v) is 9.25. The molecule has 2 aromatic rings. The Morgan fingerprint density at radius 3 is 2.39 bits per heavy atom. The second-order valence-electron chi connectivity index (χ2n) is 9.25. The number of fused-ring (bicyclic) bond motifs is 1. The van der Waals surface area contributed by atoms with E-state index >= 15 is 0 Å². The second kappa shape index (κ2) is 10.4. The van der Waals surface area contributed by atoms with Gasteiger partial charge >= 0.3 is 5.63 Å². The van der Waals surface area contributed by atoms with Crippen molar-refractivity contribution in [1.82, 2.24) is 9.80 Å². The number of rotatable bonds is 5. The highest BCUT2D eigenvalue weighted by Crippen LogP contribution is 2.25. The van der Waals surface area contributed by atoms with Gasteiger partial charge in [-0.1, -0.05) is 12.8 Å². The van der Waals surface area contributed by atoms with Gasteiger partial charge in [0, 0.05) is 55.5 Å². The van der Waals surface area contributed by atoms with E-state index in [1.807, 2.05) is 28.9 Å². The molecule has 2 aliphatic rings. The average molecular weight is 455 g/mol. The number of nitrogens with zero attached hydrogens (tertiary/aromatic N) is 2. The van der Waals surface area contributed by atoms with Crippen molar-refractivity contribution in [1.29, 1.82) is 0 Å². The third-order valence-electron chi connectivity index (χ3n) is 7.20. The first-order valence-corrected chi connectivity index (χ1v) is 12.1. The minimum Gasteiger partial charge on any atom is -0.497 e. The molecular formula is C26H34N2O5. The number of amides is 2. The van der Waals surface area contributed by atoms with Gasteiger partial charge in [-0.05, 0) is 56.7 Å². The summed E-state index contributed by atoms with van der Waals surface area (Å²) in [6, 6.07) is 5.42. The fourth-order valence-electron chi connectivity index (χ4n) is 5.11. The highest BCUT2D eigenvalue weighted by Gasteiger charge is 2.30. The lowest BCUT2D eigenvalue weighted by Crippen LogP contribution is -2.44. The van der Waals surface area contributed by atoms with Crippen LogP contribution in [-0.2, 0) is 16.0 Å². The van der Waals surface area contributed by atoms with Gasteiger partial charge < -0.3 is 19.0 Å². The predicted molar refractivity (Wildman–Crippen MR) is 126 cm³/mol. The number of methoxy groups -OCH3 is 1. The SMILES string of the molecule is COc1ccc2c(C)c(CCC(=O)N3CCC(C(=O)N4CCCCCC4)CC3)c(=O)oc2c1. The predicted octanol–water partition coefficient (Wildman–Crippen LogP) is 3.68. The van der Waals surface area contributed by atoms with Crippen molar-refractivity contribution in [3.63, 3.8) is 0 Å². The van der Waals surface area contributed by atoms with Crippen molar-refractivity contribution in [2.24, 2.45) is 5.92 Å². The molecule has 3 heterocycles. The topological polar surface area (TPSA) is 80.1 Å². The van der Waals surface area contributed by atoms with Gasteiger partial charge in [0.05, 0.1) is 7.11 Å². The van der Waals surface area contributed by atoms with Gasteiger partial charge in [0.1, 0.15) is 11.3 Å². The third-order valence-corrected chi connectivity index (χ3v) is 7.20. The number of hydrogen-bond donors (Lipinski definition) is 0. The van der Waals surface area contributed by atoms with Crippen LogP contribution in [0.3, 0.4) is 0 Å². The maximum absolute atomic E-state index is 12.9. The van der Waals surface area contributed by atoms with Gasteiger partial charge in [0.25, 0.3) is 0 Å². The summed E-state index contributed by atoms with van der Waals surface area (Å²) in [4.78, 5) is 42.2. The molecular weight excluding hydrogens is 420 g/mol. The molecule has 0 spiro atoms. The van der Waals surface area contributed by atoms with E-state index in [9.17, 15) is 14.4 Å². The van der Waals surface area contributed by atoms with Crippen LogP contribution in [0.15, 0.2) is 27.4 Å². The maximum Gasteiger partial charge on any atom is 0.339 e. The van der Waals surface area contributed by atoms with Crippen molar-refractivity contribution in [2.45, 2.75) is 58.3 Å². The fraction of sp³-hybridized carbons (Fsp3) is 0.577. The molecule has 0 bridgehead atoms. The molecule has 0 unspecified atom stereocenters. The van der Waals surface area contributed by atoms with Crippen LogP contribution in [0.25, 0.3) is 11.0 Å². The Balaban J connectivity index is 1.34. The number of ether oxygens (including phenoxy) is 1. The van der Waals surface area contributed by atoms with Crippen LogP contribution in [-0.4, -0.2) is 54.9 Å². The molecule has 1 aromatic heterocycles. The molecule has 7 heteroatoms. The maximum atomic E-state index is 12.9. The number of piperidine rings is 1. The Morgan fingerprint density at radius 2 is 1.73 bits per heavy atom. The van der Waals surface area contributed by atoms with Crippen LogP contribution in [0.5, 0.6) is 5.75 Å². The first-order valence-electron chi connectivity index (χ1n) is 12.1. The van der Waals surface area contributed by atoms with E-state index in [2.05, 4.69) is 0 Å². The zero-order chi connectivity index (χ0) is 23.4. The summed E-state index contributed by atoms with van der Waals surface area (Å²) in [5.41, 5.74) is 1.48. The first kappa shape index (κ1) is 23.3. The standard InChI is InChI=1S/C26H34N2O5/c1-18-21-8-7-20(32-2)17-23(21)33-26(31)22(18)9-10-24(29)27-15-11-19(12-16-27)25(30)28-13-5-3-4-6-14-28/h7-8,17,19H,3-6,9-16H2,1-2H3. The summed E-state index contributed by atoms with van der Waals surface area (Å²) in [6.45, 7) is 4.85. The van der Waals surface area contributed by atoms with Crippen molar-refractivity contribution in [2.75, 3.05) is 33.3 Å². The smallest absolute Gasteiger partial charge is 0.339 e. The van der Waals surface area contributed by atoms with Crippen molar-refractivity contribution >= 4 is 22.8 Å². The quantitative estimate of drug-likeness (QED) is 0.644. The van der Waals surface area contributed by atoms with E-state index in [-0.39, 0.29) is 24.2 Å². The van der Waals surface area contributed by atoms with Gasteiger partial charge in [0.2, 0.25) is 11.8 Å². The molecule has 2 aliphatic heterocycles. The largest absolute Gasteiger partial charge is 0.497 e. The number of hydrogen-bond acceptors (Lipinski definition) is 5.